The molecule has 0 spiro atoms. The maximum atomic E-state index is 12.1. The van der Waals surface area contributed by atoms with Gasteiger partial charge in [-0.15, -0.1) is 0 Å². The Hall–Kier alpha value is -1.00. The van der Waals surface area contributed by atoms with Gasteiger partial charge in [0.1, 0.15) is 10.2 Å². The Kier molecular flexibility index (Phi) is 4.46. The highest BCUT2D eigenvalue weighted by Gasteiger charge is 2.24. The molecule has 0 fully saturated rings. The number of rotatable bonds is 4. The fourth-order valence-electron chi connectivity index (χ4n) is 1.01. The number of ether oxygens (including phenoxy) is 1. The molecule has 1 aromatic rings. The molecule has 100 valence electrons. The molecular formula is C7H3BrClF2NO5S. The summed E-state index contributed by atoms with van der Waals surface area (Å²) in [6, 6.07) is 1.29. The molecule has 11 heteroatoms. The third-order valence-electron chi connectivity index (χ3n) is 1.69. The summed E-state index contributed by atoms with van der Waals surface area (Å²) in [4.78, 5) is 8.96. The Morgan fingerprint density at radius 3 is 2.39 bits per heavy atom. The van der Waals surface area contributed by atoms with Crippen LogP contribution >= 0.6 is 26.6 Å². The molecule has 0 bridgehead atoms. The molecule has 0 amide bonds. The number of nitrogens with zero attached hydrogens (tertiary/aromatic N) is 1. The molecule has 0 unspecified atom stereocenters. The van der Waals surface area contributed by atoms with Gasteiger partial charge in [-0.3, -0.25) is 10.1 Å². The molecule has 18 heavy (non-hydrogen) atoms. The van der Waals surface area contributed by atoms with Crippen LogP contribution in [0.25, 0.3) is 0 Å². The number of alkyl halides is 2. The van der Waals surface area contributed by atoms with Crippen molar-refractivity contribution < 1.29 is 26.9 Å². The van der Waals surface area contributed by atoms with Crippen LogP contribution in [0.3, 0.4) is 0 Å². The van der Waals surface area contributed by atoms with E-state index >= 15 is 0 Å². The van der Waals surface area contributed by atoms with Gasteiger partial charge < -0.3 is 4.74 Å². The second-order valence-electron chi connectivity index (χ2n) is 2.83. The summed E-state index contributed by atoms with van der Waals surface area (Å²) in [6.07, 6.45) is 0. The quantitative estimate of drug-likeness (QED) is 0.464. The first-order valence-electron chi connectivity index (χ1n) is 4.00. The molecule has 0 N–H and O–H groups in total. The molecular weight excluding hydrogens is 363 g/mol. The van der Waals surface area contributed by atoms with Crippen LogP contribution in [0.5, 0.6) is 5.75 Å². The van der Waals surface area contributed by atoms with Gasteiger partial charge >= 0.3 is 6.61 Å². The fourth-order valence-corrected chi connectivity index (χ4v) is 2.25. The Bertz CT molecular complexity index is 594. The van der Waals surface area contributed by atoms with Crippen molar-refractivity contribution in [2.45, 2.75) is 11.5 Å². The smallest absolute Gasteiger partial charge is 0.387 e. The Morgan fingerprint density at radius 2 is 2.00 bits per heavy atom. The van der Waals surface area contributed by atoms with Crippen LogP contribution in [-0.2, 0) is 9.05 Å². The van der Waals surface area contributed by atoms with Gasteiger partial charge in [0.2, 0.25) is 0 Å². The van der Waals surface area contributed by atoms with E-state index in [9.17, 15) is 27.3 Å². The van der Waals surface area contributed by atoms with Crippen LogP contribution in [0.4, 0.5) is 14.5 Å². The van der Waals surface area contributed by atoms with E-state index in [0.717, 1.165) is 0 Å². The first kappa shape index (κ1) is 15.1. The van der Waals surface area contributed by atoms with E-state index in [4.69, 9.17) is 10.7 Å². The first-order chi connectivity index (χ1) is 8.12. The summed E-state index contributed by atoms with van der Waals surface area (Å²) < 4.78 is 49.8. The standard InChI is InChI=1S/C7H3BrClF2NO5S/c8-6-4(12(13)14)1-3(18(9,15)16)2-5(6)17-7(10)11/h1-2,7H. The van der Waals surface area contributed by atoms with Crippen molar-refractivity contribution in [2.75, 3.05) is 0 Å². The molecule has 0 atom stereocenters. The van der Waals surface area contributed by atoms with Gasteiger partial charge in [-0.25, -0.2) is 8.42 Å². The number of halogens is 4. The second-order valence-corrected chi connectivity index (χ2v) is 6.19. The first-order valence-corrected chi connectivity index (χ1v) is 7.10. The van der Waals surface area contributed by atoms with Crippen LogP contribution < -0.4 is 4.74 Å². The van der Waals surface area contributed by atoms with E-state index in [0.29, 0.717) is 12.1 Å². The minimum Gasteiger partial charge on any atom is -0.433 e. The molecule has 0 saturated carbocycles. The lowest BCUT2D eigenvalue weighted by atomic mass is 10.3. The van der Waals surface area contributed by atoms with Crippen molar-refractivity contribution in [1.29, 1.82) is 0 Å². The van der Waals surface area contributed by atoms with E-state index in [1.807, 2.05) is 0 Å². The van der Waals surface area contributed by atoms with Crippen molar-refractivity contribution in [1.82, 2.24) is 0 Å². The predicted octanol–water partition coefficient (Wildman–Crippen LogP) is 2.89. The van der Waals surface area contributed by atoms with Crippen molar-refractivity contribution in [2.24, 2.45) is 0 Å². The van der Waals surface area contributed by atoms with Crippen molar-refractivity contribution in [3.05, 3.63) is 26.7 Å². The number of nitro groups is 1. The Labute approximate surface area is 112 Å². The highest BCUT2D eigenvalue weighted by molar-refractivity contribution is 9.10. The largest absolute Gasteiger partial charge is 0.433 e. The molecule has 0 saturated heterocycles. The van der Waals surface area contributed by atoms with Crippen molar-refractivity contribution >= 4 is 41.4 Å². The molecule has 0 heterocycles. The summed E-state index contributed by atoms with van der Waals surface area (Å²) in [7, 11) is 0.675. The topological polar surface area (TPSA) is 86.5 Å². The molecule has 1 aromatic carbocycles. The maximum absolute atomic E-state index is 12.1. The number of hydrogen-bond donors (Lipinski definition) is 0. The van der Waals surface area contributed by atoms with Gasteiger partial charge in [-0.1, -0.05) is 0 Å². The van der Waals surface area contributed by atoms with Gasteiger partial charge in [-0.2, -0.15) is 8.78 Å². The number of benzene rings is 1. The molecule has 0 aliphatic carbocycles. The molecule has 1 rings (SSSR count). The zero-order chi connectivity index (χ0) is 14.1. The lowest BCUT2D eigenvalue weighted by Gasteiger charge is -2.08. The van der Waals surface area contributed by atoms with Gasteiger partial charge in [0, 0.05) is 22.8 Å². The Morgan fingerprint density at radius 1 is 1.44 bits per heavy atom. The minimum atomic E-state index is -4.31. The number of hydrogen-bond acceptors (Lipinski definition) is 5. The van der Waals surface area contributed by atoms with Crippen molar-refractivity contribution in [3.63, 3.8) is 0 Å². The lowest BCUT2D eigenvalue weighted by Crippen LogP contribution is -2.05. The zero-order valence-corrected chi connectivity index (χ0v) is 11.3. The lowest BCUT2D eigenvalue weighted by molar-refractivity contribution is -0.386. The summed E-state index contributed by atoms with van der Waals surface area (Å²) in [5, 5.41) is 10.6. The number of nitro benzene ring substituents is 1. The van der Waals surface area contributed by atoms with Gasteiger partial charge in [0.25, 0.3) is 14.7 Å². The molecule has 0 radical (unpaired) electrons. The van der Waals surface area contributed by atoms with Crippen LogP contribution in [0.2, 0.25) is 0 Å². The van der Waals surface area contributed by atoms with E-state index in [-0.39, 0.29) is 0 Å². The monoisotopic (exact) mass is 365 g/mol. The molecule has 6 nitrogen and oxygen atoms in total. The molecule has 0 aliphatic rings. The molecule has 0 aromatic heterocycles. The highest BCUT2D eigenvalue weighted by atomic mass is 79.9. The van der Waals surface area contributed by atoms with Gasteiger partial charge in [-0.05, 0) is 15.9 Å². The van der Waals surface area contributed by atoms with Crippen LogP contribution in [0.15, 0.2) is 21.5 Å². The third kappa shape index (κ3) is 3.50. The highest BCUT2D eigenvalue weighted by Crippen LogP contribution is 2.38. The van der Waals surface area contributed by atoms with E-state index in [1.54, 1.807) is 0 Å². The SMILES string of the molecule is O=[N+]([O-])c1cc(S(=O)(=O)Cl)cc(OC(F)F)c1Br. The van der Waals surface area contributed by atoms with Crippen LogP contribution in [-0.4, -0.2) is 20.0 Å². The molecule has 0 aliphatic heterocycles. The normalized spacial score (nSPS) is 11.6. The average Bonchev–Trinajstić information content (AvgIpc) is 2.18. The van der Waals surface area contributed by atoms with E-state index < -0.39 is 41.4 Å². The van der Waals surface area contributed by atoms with E-state index in [2.05, 4.69) is 20.7 Å². The summed E-state index contributed by atoms with van der Waals surface area (Å²) in [5.41, 5.74) is -0.757. The summed E-state index contributed by atoms with van der Waals surface area (Å²) >= 11 is 2.67. The minimum absolute atomic E-state index is 0.406. The predicted molar refractivity (Wildman–Crippen MR) is 60.5 cm³/mol. The summed E-state index contributed by atoms with van der Waals surface area (Å²) in [5.74, 6) is -0.696. The second kappa shape index (κ2) is 5.33. The summed E-state index contributed by atoms with van der Waals surface area (Å²) in [6.45, 7) is -3.27. The zero-order valence-electron chi connectivity index (χ0n) is 8.14. The van der Waals surface area contributed by atoms with Crippen LogP contribution in [0, 0.1) is 10.1 Å². The maximum Gasteiger partial charge on any atom is 0.387 e. The Balaban J connectivity index is 3.52. The van der Waals surface area contributed by atoms with Crippen LogP contribution in [0.1, 0.15) is 0 Å². The van der Waals surface area contributed by atoms with Gasteiger partial charge in [0.15, 0.2) is 0 Å². The third-order valence-corrected chi connectivity index (χ3v) is 3.82. The van der Waals surface area contributed by atoms with Gasteiger partial charge in [0.05, 0.1) is 9.82 Å². The van der Waals surface area contributed by atoms with E-state index in [1.165, 1.54) is 0 Å². The van der Waals surface area contributed by atoms with Crippen molar-refractivity contribution in [3.8, 4) is 5.75 Å². The average molecular weight is 367 g/mol. The fraction of sp³-hybridized carbons (Fsp3) is 0.143.